The van der Waals surface area contributed by atoms with Crippen molar-refractivity contribution < 1.29 is 22.7 Å². The first-order valence-electron chi connectivity index (χ1n) is 9.30. The summed E-state index contributed by atoms with van der Waals surface area (Å²) in [6.07, 6.45) is 2.55. The Morgan fingerprint density at radius 3 is 2.79 bits per heavy atom. The highest BCUT2D eigenvalue weighted by Crippen LogP contribution is 2.38. The molecule has 0 saturated heterocycles. The van der Waals surface area contributed by atoms with Gasteiger partial charge in [0.25, 0.3) is 5.91 Å². The van der Waals surface area contributed by atoms with E-state index in [0.29, 0.717) is 54.0 Å². The van der Waals surface area contributed by atoms with E-state index in [1.807, 2.05) is 6.07 Å². The molecule has 2 aliphatic rings. The first kappa shape index (κ1) is 19.8. The van der Waals surface area contributed by atoms with E-state index in [9.17, 15) is 13.2 Å². The van der Waals surface area contributed by atoms with Crippen molar-refractivity contribution in [3.63, 3.8) is 0 Å². The second kappa shape index (κ2) is 7.76. The number of nitrogens with one attached hydrogen (secondary N) is 1. The smallest absolute Gasteiger partial charge is 0.251 e. The molecule has 2 aromatic rings. The predicted molar refractivity (Wildman–Crippen MR) is 111 cm³/mol. The first-order valence-corrected chi connectivity index (χ1v) is 11.5. The third-order valence-corrected chi connectivity index (χ3v) is 6.37. The Morgan fingerprint density at radius 1 is 1.21 bits per heavy atom. The average Bonchev–Trinajstić information content (AvgIpc) is 2.96. The quantitative estimate of drug-likeness (QED) is 0.796. The fraction of sp³-hybridized carbons (Fsp3) is 0.350. The standard InChI is InChI=1S/C20H21ClN2O5S/c1-29(25,26)23-6-5-14-11-15(3-4-17(14)23)20(24)22-12-13-9-16(21)19-18(10-13)27-7-2-8-28-19/h3-4,9-11H,2,5-8,12H2,1H3,(H,22,24). The molecule has 154 valence electrons. The van der Waals surface area contributed by atoms with Crippen LogP contribution in [0.5, 0.6) is 11.5 Å². The Kier molecular flexibility index (Phi) is 5.31. The van der Waals surface area contributed by atoms with Gasteiger partial charge < -0.3 is 14.8 Å². The summed E-state index contributed by atoms with van der Waals surface area (Å²) in [5.74, 6) is 0.875. The first-order chi connectivity index (χ1) is 13.8. The Labute approximate surface area is 174 Å². The maximum Gasteiger partial charge on any atom is 0.251 e. The Bertz CT molecular complexity index is 1070. The summed E-state index contributed by atoms with van der Waals surface area (Å²) in [6.45, 7) is 1.79. The van der Waals surface area contributed by atoms with Crippen molar-refractivity contribution in [3.05, 3.63) is 52.0 Å². The zero-order valence-corrected chi connectivity index (χ0v) is 17.5. The van der Waals surface area contributed by atoms with E-state index in [0.717, 1.165) is 17.5 Å². The van der Waals surface area contributed by atoms with Crippen LogP contribution in [0.15, 0.2) is 30.3 Å². The molecule has 0 fully saturated rings. The van der Waals surface area contributed by atoms with Crippen LogP contribution in [-0.4, -0.2) is 40.3 Å². The molecular formula is C20H21ClN2O5S. The number of ether oxygens (including phenoxy) is 2. The lowest BCUT2D eigenvalue weighted by Crippen LogP contribution is -2.27. The molecule has 2 aliphatic heterocycles. The number of hydrogen-bond acceptors (Lipinski definition) is 5. The summed E-state index contributed by atoms with van der Waals surface area (Å²) >= 11 is 6.30. The van der Waals surface area contributed by atoms with Crippen molar-refractivity contribution in [3.8, 4) is 11.5 Å². The number of anilines is 1. The second-order valence-corrected chi connectivity index (χ2v) is 9.38. The van der Waals surface area contributed by atoms with Crippen molar-refractivity contribution >= 4 is 33.2 Å². The molecule has 0 spiro atoms. The van der Waals surface area contributed by atoms with Gasteiger partial charge in [-0.1, -0.05) is 11.6 Å². The van der Waals surface area contributed by atoms with Gasteiger partial charge in [-0.25, -0.2) is 8.42 Å². The van der Waals surface area contributed by atoms with E-state index >= 15 is 0 Å². The number of nitrogens with zero attached hydrogens (tertiary/aromatic N) is 1. The number of rotatable bonds is 4. The number of carbonyl (C=O) groups is 1. The summed E-state index contributed by atoms with van der Waals surface area (Å²) < 4.78 is 36.3. The highest BCUT2D eigenvalue weighted by molar-refractivity contribution is 7.92. The lowest BCUT2D eigenvalue weighted by atomic mass is 10.1. The van der Waals surface area contributed by atoms with E-state index in [2.05, 4.69) is 5.32 Å². The summed E-state index contributed by atoms with van der Waals surface area (Å²) in [4.78, 5) is 12.6. The van der Waals surface area contributed by atoms with Gasteiger partial charge in [0.1, 0.15) is 0 Å². The zero-order valence-electron chi connectivity index (χ0n) is 15.9. The molecular weight excluding hydrogens is 416 g/mol. The molecule has 4 rings (SSSR count). The minimum Gasteiger partial charge on any atom is -0.489 e. The largest absolute Gasteiger partial charge is 0.489 e. The molecule has 1 amide bonds. The molecule has 9 heteroatoms. The highest BCUT2D eigenvalue weighted by atomic mass is 35.5. The van der Waals surface area contributed by atoms with Gasteiger partial charge in [-0.05, 0) is 47.9 Å². The fourth-order valence-corrected chi connectivity index (χ4v) is 4.77. The summed E-state index contributed by atoms with van der Waals surface area (Å²) in [6, 6.07) is 8.64. The monoisotopic (exact) mass is 436 g/mol. The van der Waals surface area contributed by atoms with Crippen LogP contribution in [0, 0.1) is 0 Å². The van der Waals surface area contributed by atoms with E-state index in [-0.39, 0.29) is 12.5 Å². The molecule has 0 radical (unpaired) electrons. The third kappa shape index (κ3) is 4.13. The molecule has 2 aromatic carbocycles. The van der Waals surface area contributed by atoms with Crippen LogP contribution in [0.3, 0.4) is 0 Å². The molecule has 1 N–H and O–H groups in total. The van der Waals surface area contributed by atoms with Gasteiger partial charge in [-0.2, -0.15) is 0 Å². The van der Waals surface area contributed by atoms with Crippen LogP contribution in [0.2, 0.25) is 5.02 Å². The van der Waals surface area contributed by atoms with E-state index in [1.54, 1.807) is 24.3 Å². The van der Waals surface area contributed by atoms with Crippen molar-refractivity contribution in [2.75, 3.05) is 30.3 Å². The summed E-state index contributed by atoms with van der Waals surface area (Å²) in [5.41, 5.74) is 2.77. The predicted octanol–water partition coefficient (Wildman–Crippen LogP) is 2.75. The number of sulfonamides is 1. The molecule has 2 heterocycles. The lowest BCUT2D eigenvalue weighted by molar-refractivity contribution is 0.0950. The van der Waals surface area contributed by atoms with Gasteiger partial charge in [0, 0.05) is 25.1 Å². The molecule has 0 unspecified atom stereocenters. The maximum atomic E-state index is 12.6. The van der Waals surface area contributed by atoms with E-state index in [1.165, 1.54) is 10.6 Å². The van der Waals surface area contributed by atoms with Crippen molar-refractivity contribution in [1.82, 2.24) is 5.32 Å². The normalized spacial score (nSPS) is 15.6. The fourth-order valence-electron chi connectivity index (χ4n) is 3.53. The maximum absolute atomic E-state index is 12.6. The van der Waals surface area contributed by atoms with E-state index in [4.69, 9.17) is 21.1 Å². The van der Waals surface area contributed by atoms with Gasteiger partial charge in [0.15, 0.2) is 11.5 Å². The Morgan fingerprint density at radius 2 is 2.00 bits per heavy atom. The van der Waals surface area contributed by atoms with Crippen LogP contribution in [0.1, 0.15) is 27.9 Å². The molecule has 0 aliphatic carbocycles. The summed E-state index contributed by atoms with van der Waals surface area (Å²) in [5, 5.41) is 3.32. The lowest BCUT2D eigenvalue weighted by Gasteiger charge is -2.16. The topological polar surface area (TPSA) is 84.9 Å². The van der Waals surface area contributed by atoms with Crippen molar-refractivity contribution in [1.29, 1.82) is 0 Å². The van der Waals surface area contributed by atoms with Crippen molar-refractivity contribution in [2.24, 2.45) is 0 Å². The van der Waals surface area contributed by atoms with Gasteiger partial charge in [0.2, 0.25) is 10.0 Å². The minimum absolute atomic E-state index is 0.242. The molecule has 29 heavy (non-hydrogen) atoms. The second-order valence-electron chi connectivity index (χ2n) is 7.07. The molecule has 0 aromatic heterocycles. The summed E-state index contributed by atoms with van der Waals surface area (Å²) in [7, 11) is -3.31. The number of amides is 1. The SMILES string of the molecule is CS(=O)(=O)N1CCc2cc(C(=O)NCc3cc(Cl)c4c(c3)OCCCO4)ccc21. The number of halogens is 1. The van der Waals surface area contributed by atoms with Gasteiger partial charge >= 0.3 is 0 Å². The highest BCUT2D eigenvalue weighted by Gasteiger charge is 2.26. The molecule has 0 saturated carbocycles. The van der Waals surface area contributed by atoms with Crippen LogP contribution in [-0.2, 0) is 23.0 Å². The van der Waals surface area contributed by atoms with Crippen molar-refractivity contribution in [2.45, 2.75) is 19.4 Å². The molecule has 7 nitrogen and oxygen atoms in total. The number of hydrogen-bond donors (Lipinski definition) is 1. The van der Waals surface area contributed by atoms with E-state index < -0.39 is 10.0 Å². The van der Waals surface area contributed by atoms with Gasteiger partial charge in [-0.15, -0.1) is 0 Å². The number of carbonyl (C=O) groups excluding carboxylic acids is 1. The van der Waals surface area contributed by atoms with Crippen LogP contribution < -0.4 is 19.1 Å². The Hall–Kier alpha value is -2.45. The van der Waals surface area contributed by atoms with Gasteiger partial charge in [0.05, 0.1) is 30.2 Å². The minimum atomic E-state index is -3.31. The number of fused-ring (bicyclic) bond motifs is 2. The molecule has 0 atom stereocenters. The molecule has 0 bridgehead atoms. The van der Waals surface area contributed by atoms with Crippen LogP contribution >= 0.6 is 11.6 Å². The average molecular weight is 437 g/mol. The zero-order chi connectivity index (χ0) is 20.6. The third-order valence-electron chi connectivity index (χ3n) is 4.91. The Balaban J connectivity index is 1.47. The number of benzene rings is 2. The van der Waals surface area contributed by atoms with Crippen LogP contribution in [0.4, 0.5) is 5.69 Å². The van der Waals surface area contributed by atoms with Crippen LogP contribution in [0.25, 0.3) is 0 Å². The van der Waals surface area contributed by atoms with Gasteiger partial charge in [-0.3, -0.25) is 9.10 Å².